The Morgan fingerprint density at radius 1 is 0.333 bits per heavy atom. The molecule has 0 saturated carbocycles. The number of ether oxygens (including phenoxy) is 6. The van der Waals surface area contributed by atoms with Crippen molar-refractivity contribution in [2.75, 3.05) is 7.11 Å². The summed E-state index contributed by atoms with van der Waals surface area (Å²) in [6.45, 7) is 35.1. The monoisotopic (exact) mass is 1600 g/mol. The van der Waals surface area contributed by atoms with Crippen molar-refractivity contribution in [3.05, 3.63) is 320 Å². The van der Waals surface area contributed by atoms with E-state index in [1.165, 1.54) is 0 Å². The van der Waals surface area contributed by atoms with Crippen LogP contribution in [-0.4, -0.2) is 112 Å². The van der Waals surface area contributed by atoms with Crippen molar-refractivity contribution in [3.8, 4) is 91.4 Å². The maximum absolute atomic E-state index is 11.3. The van der Waals surface area contributed by atoms with E-state index in [0.717, 1.165) is 170 Å². The zero-order chi connectivity index (χ0) is 84.4. The van der Waals surface area contributed by atoms with E-state index in [9.17, 15) is 4.79 Å². The summed E-state index contributed by atoms with van der Waals surface area (Å²) in [6, 6.07) is 40.6. The fourth-order valence-electron chi connectivity index (χ4n) is 12.7. The van der Waals surface area contributed by atoms with E-state index in [1.54, 1.807) is 131 Å². The van der Waals surface area contributed by atoms with Crippen LogP contribution in [0.5, 0.6) is 34.5 Å². The first-order valence-electron chi connectivity index (χ1n) is 39.1. The van der Waals surface area contributed by atoms with Gasteiger partial charge in [0.1, 0.15) is 84.6 Å². The molecular weight excluding hydrogens is 1510 g/mol. The van der Waals surface area contributed by atoms with E-state index in [0.29, 0.717) is 67.3 Å². The average Bonchev–Trinajstić information content (AvgIpc) is 1.60. The van der Waals surface area contributed by atoms with Gasteiger partial charge in [-0.05, 0) is 169 Å². The molecule has 0 N–H and O–H groups in total. The maximum Gasteiger partial charge on any atom is 0.154 e. The number of pyridine rings is 10. The molecule has 0 spiro atoms. The first-order valence-corrected chi connectivity index (χ1v) is 39.1. The number of hydrogen-bond donors (Lipinski definition) is 0. The van der Waals surface area contributed by atoms with Crippen molar-refractivity contribution in [2.45, 2.75) is 121 Å². The quantitative estimate of drug-likeness (QED) is 0.0354. The van der Waals surface area contributed by atoms with Gasteiger partial charge in [-0.25, -0.2) is 4.98 Å². The molecule has 610 valence electrons. The summed E-state index contributed by atoms with van der Waals surface area (Å²) in [4.78, 5) is 55.0. The second-order valence-corrected chi connectivity index (χ2v) is 26.2. The van der Waals surface area contributed by atoms with Gasteiger partial charge in [0, 0.05) is 147 Å². The van der Waals surface area contributed by atoms with Gasteiger partial charge in [-0.3, -0.25) is 73.1 Å². The minimum absolute atomic E-state index is 0.296. The van der Waals surface area contributed by atoms with E-state index in [2.05, 4.69) is 122 Å². The van der Waals surface area contributed by atoms with Gasteiger partial charge in [-0.1, -0.05) is 69.6 Å². The summed E-state index contributed by atoms with van der Waals surface area (Å²) in [5.74, 6) is 3.86. The smallest absolute Gasteiger partial charge is 0.154 e. The molecule has 0 saturated heterocycles. The summed E-state index contributed by atoms with van der Waals surface area (Å²) < 4.78 is 44.6. The Hall–Kier alpha value is -15.0. The molecule has 15 rings (SSSR count). The summed E-state index contributed by atoms with van der Waals surface area (Å²) in [5.41, 5.74) is 19.4. The third-order valence-corrected chi connectivity index (χ3v) is 18.6. The maximum atomic E-state index is 11.3. The van der Waals surface area contributed by atoms with Crippen LogP contribution in [0.4, 0.5) is 0 Å². The zero-order valence-electron chi connectivity index (χ0n) is 68.7. The van der Waals surface area contributed by atoms with Crippen LogP contribution >= 0.6 is 0 Å². The normalized spacial score (nSPS) is 10.5. The van der Waals surface area contributed by atoms with E-state index in [-0.39, 0.29) is 0 Å². The topological polar surface area (TPSA) is 290 Å². The van der Waals surface area contributed by atoms with Crippen LogP contribution in [0.3, 0.4) is 0 Å². The van der Waals surface area contributed by atoms with Crippen LogP contribution in [0.2, 0.25) is 0 Å². The lowest BCUT2D eigenvalue weighted by molar-refractivity contribution is 0.111. The molecule has 15 heterocycles. The van der Waals surface area contributed by atoms with E-state index in [1.807, 2.05) is 178 Å². The molecule has 0 aliphatic heterocycles. The van der Waals surface area contributed by atoms with Crippen LogP contribution in [0.15, 0.2) is 253 Å². The SMILES string of the molecule is C=Cc1c(OC)cncc1OCc1cccnc1-c1ccnn1CC.C=Cc1nc(C)ccc1OCc1cccnc1-c1ccnn1CC.C=Cc1ncccc1OCc1cccnc1-c1ccnn1CC.C=Cc1ncccc1OCc1cccnc1-c1ccnn1CCC.CCn1nccc1-c1ncccc1COc1cncc(C)c1C=O. The number of aldehydes is 1. The van der Waals surface area contributed by atoms with Crippen molar-refractivity contribution in [2.24, 2.45) is 0 Å². The van der Waals surface area contributed by atoms with Crippen LogP contribution in [-0.2, 0) is 65.8 Å². The number of methoxy groups -OCH3 is 1. The fourth-order valence-corrected chi connectivity index (χ4v) is 12.7. The highest BCUT2D eigenvalue weighted by molar-refractivity contribution is 5.81. The number of nitrogens with zero attached hydrogens (tertiary/aromatic N) is 20. The third kappa shape index (κ3) is 21.9. The Labute approximate surface area is 698 Å². The van der Waals surface area contributed by atoms with Gasteiger partial charge in [0.05, 0.1) is 93.8 Å². The zero-order valence-corrected chi connectivity index (χ0v) is 68.7. The summed E-state index contributed by atoms with van der Waals surface area (Å²) >= 11 is 0. The Balaban J connectivity index is 0.000000147. The van der Waals surface area contributed by atoms with Crippen LogP contribution in [0.25, 0.3) is 81.2 Å². The number of hydrogen-bond acceptors (Lipinski definition) is 22. The Morgan fingerprint density at radius 3 is 0.992 bits per heavy atom. The van der Waals surface area contributed by atoms with Crippen molar-refractivity contribution >= 4 is 30.6 Å². The Kier molecular flexibility index (Phi) is 31.6. The second-order valence-electron chi connectivity index (χ2n) is 26.2. The molecule has 27 heteroatoms. The van der Waals surface area contributed by atoms with Gasteiger partial charge in [-0.2, -0.15) is 25.5 Å². The van der Waals surface area contributed by atoms with Crippen LogP contribution in [0, 0.1) is 13.8 Å². The number of carbonyl (C=O) groups excluding carboxylic acids is 1. The first-order chi connectivity index (χ1) is 58.9. The molecule has 0 bridgehead atoms. The largest absolute Gasteiger partial charge is 0.494 e. The highest BCUT2D eigenvalue weighted by Crippen LogP contribution is 2.33. The van der Waals surface area contributed by atoms with Gasteiger partial charge in [0.25, 0.3) is 0 Å². The lowest BCUT2D eigenvalue weighted by atomic mass is 10.1. The van der Waals surface area contributed by atoms with Crippen molar-refractivity contribution in [3.63, 3.8) is 0 Å². The Morgan fingerprint density at radius 2 is 0.650 bits per heavy atom. The summed E-state index contributed by atoms with van der Waals surface area (Å²) in [5, 5.41) is 21.6. The first kappa shape index (κ1) is 85.9. The number of aryl methyl sites for hydroxylation is 7. The number of aromatic nitrogens is 20. The molecule has 120 heavy (non-hydrogen) atoms. The van der Waals surface area contributed by atoms with Gasteiger partial charge in [0.15, 0.2) is 6.29 Å². The van der Waals surface area contributed by atoms with Gasteiger partial charge in [-0.15, -0.1) is 0 Å². The van der Waals surface area contributed by atoms with Gasteiger partial charge in [0.2, 0.25) is 0 Å². The van der Waals surface area contributed by atoms with Crippen molar-refractivity contribution < 1.29 is 33.2 Å². The molecule has 0 radical (unpaired) electrons. The van der Waals surface area contributed by atoms with Crippen LogP contribution < -0.4 is 28.4 Å². The molecule has 0 amide bonds. The summed E-state index contributed by atoms with van der Waals surface area (Å²) in [7, 11) is 1.60. The van der Waals surface area contributed by atoms with Crippen molar-refractivity contribution in [1.29, 1.82) is 0 Å². The molecule has 0 unspecified atom stereocenters. The minimum atomic E-state index is 0.296. The van der Waals surface area contributed by atoms with E-state index in [4.69, 9.17) is 28.4 Å². The Bertz CT molecular complexity index is 5860. The second kappa shape index (κ2) is 44.2. The molecule has 27 nitrogen and oxygen atoms in total. The van der Waals surface area contributed by atoms with Crippen molar-refractivity contribution in [1.82, 2.24) is 98.7 Å². The highest BCUT2D eigenvalue weighted by Gasteiger charge is 2.20. The molecule has 0 aliphatic rings. The highest BCUT2D eigenvalue weighted by atomic mass is 16.5. The molecule has 15 aromatic heterocycles. The van der Waals surface area contributed by atoms with Gasteiger partial charge >= 0.3 is 0 Å². The predicted octanol–water partition coefficient (Wildman–Crippen LogP) is 18.1. The molecular formula is C93H96N20O7. The molecule has 0 atom stereocenters. The predicted molar refractivity (Wildman–Crippen MR) is 465 cm³/mol. The fraction of sp³-hybridized carbons (Fsp3) is 0.204. The average molecular weight is 1610 g/mol. The standard InChI is InChI=1S/C19H20N4O2.2C19H20N4O.C18H18N4O2.C18H18N4O/c1-4-15-17(24-3)11-20-12-18(15)25-13-14-7-6-9-21-19(14)16-8-10-22-23(16)5-2;1-4-16-18(9-8-14(3)22-16)24-13-15-7-6-11-20-19(15)17-10-12-21-23(17)5-2;1-3-13-23-17(9-12-22-23)19-15(7-5-11-21-19)14-24-18-8-6-10-20-16(18)4-2;1-3-22-16(6-8-21-22)18-14(5-4-7-20-18)12-24-17-10-19-9-13(2)15(17)11-23;1-3-15-17(8-6-10-19-15)23-13-14-7-5-11-20-18(14)16-9-12-21-22(16)4-2/h4,6-12H,1,5,13H2,2-3H3;4,6-12H,1,5,13H2,2-3H3;4-12H,2-3,13-14H2,1H3;4-11H,3,12H2,1-2H3;3,5-12H,1,4,13H2,2H3. The molecule has 0 aliphatic carbocycles. The number of rotatable bonds is 32. The van der Waals surface area contributed by atoms with Gasteiger partial charge < -0.3 is 28.4 Å². The number of carbonyl (C=O) groups is 1. The summed E-state index contributed by atoms with van der Waals surface area (Å²) in [6.07, 6.45) is 36.3. The van der Waals surface area contributed by atoms with E-state index >= 15 is 0 Å². The minimum Gasteiger partial charge on any atom is -0.494 e. The molecule has 0 fully saturated rings. The molecule has 0 aromatic carbocycles. The van der Waals surface area contributed by atoms with Crippen LogP contribution in [0.1, 0.15) is 113 Å². The van der Waals surface area contributed by atoms with E-state index < -0.39 is 0 Å². The lowest BCUT2D eigenvalue weighted by Gasteiger charge is -2.14. The molecule has 15 aromatic rings. The lowest BCUT2D eigenvalue weighted by Crippen LogP contribution is -2.06. The third-order valence-electron chi connectivity index (χ3n) is 18.6.